The van der Waals surface area contributed by atoms with E-state index in [0.717, 1.165) is 29.4 Å². The van der Waals surface area contributed by atoms with Gasteiger partial charge in [0.2, 0.25) is 0 Å². The molecule has 21 heavy (non-hydrogen) atoms. The average Bonchev–Trinajstić information content (AvgIpc) is 2.92. The standard InChI is InChI=1S/C16H11BrINOS/c17-10-4-6-11(7-5-10)21-9-15(20)13-8-19-16-12(13)2-1-3-14(16)18/h1-8,19H,9H2. The molecule has 0 fully saturated rings. The van der Waals surface area contributed by atoms with E-state index in [-0.39, 0.29) is 5.78 Å². The van der Waals surface area contributed by atoms with Gasteiger partial charge in [-0.2, -0.15) is 0 Å². The van der Waals surface area contributed by atoms with Crippen LogP contribution in [-0.4, -0.2) is 16.5 Å². The third-order valence-corrected chi connectivity index (χ3v) is 5.59. The number of ketones is 1. The second kappa shape index (κ2) is 6.54. The molecule has 0 aliphatic heterocycles. The highest BCUT2D eigenvalue weighted by molar-refractivity contribution is 14.1. The van der Waals surface area contributed by atoms with E-state index in [0.29, 0.717) is 5.75 Å². The van der Waals surface area contributed by atoms with Crippen LogP contribution >= 0.6 is 50.3 Å². The van der Waals surface area contributed by atoms with Gasteiger partial charge in [-0.3, -0.25) is 4.79 Å². The zero-order valence-electron chi connectivity index (χ0n) is 10.9. The molecule has 2 nitrogen and oxygen atoms in total. The fourth-order valence-electron chi connectivity index (χ4n) is 2.11. The summed E-state index contributed by atoms with van der Waals surface area (Å²) in [7, 11) is 0. The maximum Gasteiger partial charge on any atom is 0.175 e. The quantitative estimate of drug-likeness (QED) is 0.309. The lowest BCUT2D eigenvalue weighted by Gasteiger charge is -2.01. The number of carbonyl (C=O) groups is 1. The Morgan fingerprint density at radius 3 is 2.71 bits per heavy atom. The summed E-state index contributed by atoms with van der Waals surface area (Å²) < 4.78 is 2.18. The first-order chi connectivity index (χ1) is 10.1. The Morgan fingerprint density at radius 1 is 1.19 bits per heavy atom. The maximum absolute atomic E-state index is 12.4. The molecule has 2 aromatic carbocycles. The molecule has 0 saturated heterocycles. The van der Waals surface area contributed by atoms with Gasteiger partial charge in [0.1, 0.15) is 0 Å². The summed E-state index contributed by atoms with van der Waals surface area (Å²) in [5.74, 6) is 0.594. The minimum atomic E-state index is 0.149. The number of aromatic nitrogens is 1. The van der Waals surface area contributed by atoms with Crippen LogP contribution in [0.3, 0.4) is 0 Å². The highest BCUT2D eigenvalue weighted by atomic mass is 127. The van der Waals surface area contributed by atoms with Gasteiger partial charge < -0.3 is 4.98 Å². The van der Waals surface area contributed by atoms with Crippen molar-refractivity contribution in [3.8, 4) is 0 Å². The van der Waals surface area contributed by atoms with Gasteiger partial charge in [-0.15, -0.1) is 11.8 Å². The molecule has 5 heteroatoms. The molecule has 0 spiro atoms. The lowest BCUT2D eigenvalue weighted by Crippen LogP contribution is -2.01. The van der Waals surface area contributed by atoms with Crippen molar-refractivity contribution in [3.05, 3.63) is 62.3 Å². The molecule has 0 amide bonds. The molecule has 0 aliphatic rings. The van der Waals surface area contributed by atoms with E-state index in [2.05, 4.69) is 43.5 Å². The number of carbonyl (C=O) groups excluding carboxylic acids is 1. The van der Waals surface area contributed by atoms with Crippen LogP contribution in [0.5, 0.6) is 0 Å². The van der Waals surface area contributed by atoms with Gasteiger partial charge >= 0.3 is 0 Å². The van der Waals surface area contributed by atoms with Crippen molar-refractivity contribution in [2.45, 2.75) is 4.90 Å². The fraction of sp³-hybridized carbons (Fsp3) is 0.0625. The molecule has 3 aromatic rings. The number of nitrogens with one attached hydrogen (secondary N) is 1. The van der Waals surface area contributed by atoms with E-state index in [1.54, 1.807) is 11.8 Å². The Labute approximate surface area is 149 Å². The second-order valence-electron chi connectivity index (χ2n) is 4.53. The van der Waals surface area contributed by atoms with Gasteiger partial charge in [0.05, 0.1) is 11.3 Å². The zero-order valence-corrected chi connectivity index (χ0v) is 15.5. The lowest BCUT2D eigenvalue weighted by molar-refractivity contribution is 0.102. The van der Waals surface area contributed by atoms with Crippen molar-refractivity contribution in [3.63, 3.8) is 0 Å². The van der Waals surface area contributed by atoms with E-state index in [1.807, 2.05) is 48.7 Å². The van der Waals surface area contributed by atoms with Crippen LogP contribution in [0.2, 0.25) is 0 Å². The SMILES string of the molecule is O=C(CSc1ccc(Br)cc1)c1c[nH]c2c(I)cccc12. The zero-order chi connectivity index (χ0) is 14.8. The maximum atomic E-state index is 12.4. The lowest BCUT2D eigenvalue weighted by atomic mass is 10.1. The number of H-pyrrole nitrogens is 1. The third kappa shape index (κ3) is 3.35. The highest BCUT2D eigenvalue weighted by Crippen LogP contribution is 2.26. The second-order valence-corrected chi connectivity index (χ2v) is 7.66. The van der Waals surface area contributed by atoms with Crippen molar-refractivity contribution < 1.29 is 4.79 Å². The van der Waals surface area contributed by atoms with Crippen LogP contribution in [-0.2, 0) is 0 Å². The van der Waals surface area contributed by atoms with Gasteiger partial charge in [-0.05, 0) is 52.9 Å². The summed E-state index contributed by atoms with van der Waals surface area (Å²) in [6.45, 7) is 0. The summed E-state index contributed by atoms with van der Waals surface area (Å²) in [6.07, 6.45) is 1.82. The van der Waals surface area contributed by atoms with Crippen molar-refractivity contribution >= 4 is 67.0 Å². The van der Waals surface area contributed by atoms with Crippen LogP contribution in [0.15, 0.2) is 58.0 Å². The Balaban J connectivity index is 1.78. The monoisotopic (exact) mass is 471 g/mol. The summed E-state index contributed by atoms with van der Waals surface area (Å²) in [6, 6.07) is 14.0. The summed E-state index contributed by atoms with van der Waals surface area (Å²) >= 11 is 7.25. The minimum Gasteiger partial charge on any atom is -0.360 e. The van der Waals surface area contributed by atoms with Gasteiger partial charge in [0, 0.05) is 30.1 Å². The molecular weight excluding hydrogens is 461 g/mol. The molecule has 1 aromatic heterocycles. The number of halogens is 2. The number of para-hydroxylation sites is 1. The van der Waals surface area contributed by atoms with Crippen LogP contribution < -0.4 is 0 Å². The van der Waals surface area contributed by atoms with Crippen LogP contribution in [0, 0.1) is 3.57 Å². The smallest absolute Gasteiger partial charge is 0.175 e. The highest BCUT2D eigenvalue weighted by Gasteiger charge is 2.13. The minimum absolute atomic E-state index is 0.149. The molecular formula is C16H11BrINOS. The number of rotatable bonds is 4. The predicted octanol–water partition coefficient (Wildman–Crippen LogP) is 5.51. The predicted molar refractivity (Wildman–Crippen MR) is 100 cm³/mol. The molecule has 0 saturated carbocycles. The van der Waals surface area contributed by atoms with E-state index in [4.69, 9.17) is 0 Å². The molecule has 0 atom stereocenters. The van der Waals surface area contributed by atoms with Crippen molar-refractivity contribution in [1.82, 2.24) is 4.98 Å². The van der Waals surface area contributed by atoms with Crippen molar-refractivity contribution in [2.24, 2.45) is 0 Å². The largest absolute Gasteiger partial charge is 0.360 e. The van der Waals surface area contributed by atoms with Gasteiger partial charge in [0.15, 0.2) is 5.78 Å². The molecule has 1 heterocycles. The first-order valence-electron chi connectivity index (χ1n) is 6.32. The Bertz CT molecular complexity index is 798. The van der Waals surface area contributed by atoms with E-state index < -0.39 is 0 Å². The van der Waals surface area contributed by atoms with E-state index in [9.17, 15) is 4.79 Å². The Hall–Kier alpha value is -0.790. The van der Waals surface area contributed by atoms with Crippen molar-refractivity contribution in [2.75, 3.05) is 5.75 Å². The summed E-state index contributed by atoms with van der Waals surface area (Å²) in [5, 5.41) is 1.00. The van der Waals surface area contributed by atoms with E-state index in [1.165, 1.54) is 0 Å². The first-order valence-corrected chi connectivity index (χ1v) is 9.18. The average molecular weight is 472 g/mol. The van der Waals surface area contributed by atoms with Crippen LogP contribution in [0.1, 0.15) is 10.4 Å². The summed E-state index contributed by atoms with van der Waals surface area (Å²) in [5.41, 5.74) is 1.81. The van der Waals surface area contributed by atoms with Crippen LogP contribution in [0.4, 0.5) is 0 Å². The molecule has 1 N–H and O–H groups in total. The summed E-state index contributed by atoms with van der Waals surface area (Å²) in [4.78, 5) is 16.7. The molecule has 0 radical (unpaired) electrons. The van der Waals surface area contributed by atoms with E-state index >= 15 is 0 Å². The normalized spacial score (nSPS) is 11.0. The molecule has 0 unspecified atom stereocenters. The first kappa shape index (κ1) is 15.1. The number of hydrogen-bond donors (Lipinski definition) is 1. The number of hydrogen-bond acceptors (Lipinski definition) is 2. The molecule has 3 rings (SSSR count). The van der Waals surface area contributed by atoms with Gasteiger partial charge in [-0.1, -0.05) is 28.1 Å². The Kier molecular flexibility index (Phi) is 4.71. The molecule has 0 aliphatic carbocycles. The molecule has 0 bridgehead atoms. The number of aromatic amines is 1. The number of benzene rings is 2. The third-order valence-electron chi connectivity index (χ3n) is 3.15. The van der Waals surface area contributed by atoms with Crippen molar-refractivity contribution in [1.29, 1.82) is 0 Å². The van der Waals surface area contributed by atoms with Crippen LogP contribution in [0.25, 0.3) is 10.9 Å². The number of thioether (sulfide) groups is 1. The number of fused-ring (bicyclic) bond motifs is 1. The number of Topliss-reactive ketones (excluding diaryl/α,β-unsaturated/α-hetero) is 1. The molecule has 106 valence electrons. The topological polar surface area (TPSA) is 32.9 Å². The fourth-order valence-corrected chi connectivity index (χ4v) is 3.81. The van der Waals surface area contributed by atoms with Gasteiger partial charge in [-0.25, -0.2) is 0 Å². The Morgan fingerprint density at radius 2 is 1.95 bits per heavy atom. The van der Waals surface area contributed by atoms with Gasteiger partial charge in [0.25, 0.3) is 0 Å².